The van der Waals surface area contributed by atoms with Gasteiger partial charge in [0.05, 0.1) is 0 Å². The maximum Gasteiger partial charge on any atom is 0.573 e. The number of ether oxygens (including phenoxy) is 2. The molecular formula is C16H15F3O2. The van der Waals surface area contributed by atoms with Gasteiger partial charge in [-0.2, -0.15) is 0 Å². The van der Waals surface area contributed by atoms with Crippen molar-refractivity contribution in [1.82, 2.24) is 0 Å². The summed E-state index contributed by atoms with van der Waals surface area (Å²) >= 11 is 0. The second-order valence-electron chi connectivity index (χ2n) is 4.82. The van der Waals surface area contributed by atoms with Crippen LogP contribution >= 0.6 is 0 Å². The first kappa shape index (κ1) is 15.2. The lowest BCUT2D eigenvalue weighted by molar-refractivity contribution is -0.275. The van der Waals surface area contributed by atoms with Crippen LogP contribution in [0, 0.1) is 0 Å². The topological polar surface area (TPSA) is 18.5 Å². The second-order valence-corrected chi connectivity index (χ2v) is 4.82. The first-order chi connectivity index (χ1) is 9.85. The van der Waals surface area contributed by atoms with Gasteiger partial charge in [-0.05, 0) is 35.7 Å². The lowest BCUT2D eigenvalue weighted by atomic mass is 10.0. The van der Waals surface area contributed by atoms with Crippen LogP contribution in [0.2, 0.25) is 0 Å². The van der Waals surface area contributed by atoms with Crippen LogP contribution in [0.4, 0.5) is 13.2 Å². The monoisotopic (exact) mass is 296 g/mol. The van der Waals surface area contributed by atoms with Crippen molar-refractivity contribution in [2.45, 2.75) is 26.1 Å². The molecular weight excluding hydrogens is 281 g/mol. The number of alkyl halides is 3. The van der Waals surface area contributed by atoms with Gasteiger partial charge in [-0.25, -0.2) is 0 Å². The summed E-state index contributed by atoms with van der Waals surface area (Å²) in [5, 5.41) is 0. The van der Waals surface area contributed by atoms with E-state index in [0.717, 1.165) is 5.56 Å². The first-order valence-corrected chi connectivity index (χ1v) is 6.48. The predicted molar refractivity (Wildman–Crippen MR) is 73.7 cm³/mol. The SMILES string of the molecule is CC(C)c1ccc(Oc2ccccc2)c(OC(F)(F)F)c1. The van der Waals surface area contributed by atoms with E-state index in [1.165, 1.54) is 12.1 Å². The fourth-order valence-electron chi connectivity index (χ4n) is 1.79. The van der Waals surface area contributed by atoms with Gasteiger partial charge in [0.15, 0.2) is 11.5 Å². The van der Waals surface area contributed by atoms with Crippen LogP contribution in [-0.2, 0) is 0 Å². The molecule has 112 valence electrons. The molecule has 0 aliphatic heterocycles. The minimum atomic E-state index is -4.76. The zero-order valence-electron chi connectivity index (χ0n) is 11.6. The first-order valence-electron chi connectivity index (χ1n) is 6.48. The lowest BCUT2D eigenvalue weighted by Crippen LogP contribution is -2.17. The van der Waals surface area contributed by atoms with E-state index in [9.17, 15) is 13.2 Å². The van der Waals surface area contributed by atoms with E-state index >= 15 is 0 Å². The Morgan fingerprint density at radius 1 is 0.905 bits per heavy atom. The van der Waals surface area contributed by atoms with Gasteiger partial charge in [0.2, 0.25) is 0 Å². The van der Waals surface area contributed by atoms with Gasteiger partial charge in [-0.1, -0.05) is 38.1 Å². The smallest absolute Gasteiger partial charge is 0.453 e. The van der Waals surface area contributed by atoms with Gasteiger partial charge in [0.1, 0.15) is 5.75 Å². The molecule has 0 amide bonds. The molecule has 2 aromatic carbocycles. The Morgan fingerprint density at radius 2 is 1.57 bits per heavy atom. The third-order valence-electron chi connectivity index (χ3n) is 2.83. The van der Waals surface area contributed by atoms with Crippen LogP contribution < -0.4 is 9.47 Å². The molecule has 2 rings (SSSR count). The van der Waals surface area contributed by atoms with Crippen molar-refractivity contribution >= 4 is 0 Å². The molecule has 0 bridgehead atoms. The molecule has 2 nitrogen and oxygen atoms in total. The summed E-state index contributed by atoms with van der Waals surface area (Å²) < 4.78 is 47.1. The standard InChI is InChI=1S/C16H15F3O2/c1-11(2)12-8-9-14(15(10-12)21-16(17,18)19)20-13-6-4-3-5-7-13/h3-11H,1-2H3. The van der Waals surface area contributed by atoms with Gasteiger partial charge in [-0.3, -0.25) is 0 Å². The Balaban J connectivity index is 2.35. The number of rotatable bonds is 4. The quantitative estimate of drug-likeness (QED) is 0.741. The Bertz CT molecular complexity index is 592. The fraction of sp³-hybridized carbons (Fsp3) is 0.250. The van der Waals surface area contributed by atoms with Gasteiger partial charge in [-0.15, -0.1) is 13.2 Å². The van der Waals surface area contributed by atoms with Crippen molar-refractivity contribution in [3.05, 3.63) is 54.1 Å². The summed E-state index contributed by atoms with van der Waals surface area (Å²) in [5.74, 6) is 0.230. The summed E-state index contributed by atoms with van der Waals surface area (Å²) in [5.41, 5.74) is 0.745. The highest BCUT2D eigenvalue weighted by Gasteiger charge is 2.32. The molecule has 0 saturated carbocycles. The molecule has 0 spiro atoms. The minimum absolute atomic E-state index is 0.0305. The normalized spacial score (nSPS) is 11.5. The Morgan fingerprint density at radius 3 is 2.14 bits per heavy atom. The van der Waals surface area contributed by atoms with Gasteiger partial charge < -0.3 is 9.47 Å². The highest BCUT2D eigenvalue weighted by molar-refractivity contribution is 5.46. The number of para-hydroxylation sites is 1. The lowest BCUT2D eigenvalue weighted by Gasteiger charge is -2.16. The van der Waals surface area contributed by atoms with Crippen LogP contribution in [0.15, 0.2) is 48.5 Å². The van der Waals surface area contributed by atoms with E-state index in [2.05, 4.69) is 4.74 Å². The Kier molecular flexibility index (Phi) is 4.40. The molecule has 21 heavy (non-hydrogen) atoms. The molecule has 0 N–H and O–H groups in total. The molecule has 0 saturated heterocycles. The molecule has 0 heterocycles. The molecule has 0 aromatic heterocycles. The van der Waals surface area contributed by atoms with Crippen molar-refractivity contribution in [1.29, 1.82) is 0 Å². The summed E-state index contributed by atoms with van der Waals surface area (Å²) in [7, 11) is 0. The summed E-state index contributed by atoms with van der Waals surface area (Å²) in [6, 6.07) is 13.2. The second kappa shape index (κ2) is 6.08. The number of hydrogen-bond donors (Lipinski definition) is 0. The summed E-state index contributed by atoms with van der Waals surface area (Å²) in [6.45, 7) is 3.79. The van der Waals surface area contributed by atoms with Crippen LogP contribution in [0.5, 0.6) is 17.2 Å². The molecule has 0 unspecified atom stereocenters. The number of hydrogen-bond acceptors (Lipinski definition) is 2. The third-order valence-corrected chi connectivity index (χ3v) is 2.83. The van der Waals surface area contributed by atoms with Crippen LogP contribution in [0.1, 0.15) is 25.3 Å². The summed E-state index contributed by atoms with van der Waals surface area (Å²) in [6.07, 6.45) is -4.76. The van der Waals surface area contributed by atoms with Gasteiger partial charge in [0.25, 0.3) is 0 Å². The van der Waals surface area contributed by atoms with E-state index in [0.29, 0.717) is 5.75 Å². The number of halogens is 3. The van der Waals surface area contributed by atoms with Gasteiger partial charge in [0, 0.05) is 0 Å². The molecule has 0 fully saturated rings. The Labute approximate surface area is 121 Å². The maximum atomic E-state index is 12.5. The third kappa shape index (κ3) is 4.41. The van der Waals surface area contributed by atoms with E-state index in [1.807, 2.05) is 13.8 Å². The average molecular weight is 296 g/mol. The molecule has 5 heteroatoms. The van der Waals surface area contributed by atoms with E-state index in [1.54, 1.807) is 36.4 Å². The van der Waals surface area contributed by atoms with Gasteiger partial charge >= 0.3 is 6.36 Å². The maximum absolute atomic E-state index is 12.5. The van der Waals surface area contributed by atoms with E-state index in [-0.39, 0.29) is 17.4 Å². The van der Waals surface area contributed by atoms with E-state index < -0.39 is 6.36 Å². The molecule has 2 aromatic rings. The molecule has 0 atom stereocenters. The van der Waals surface area contributed by atoms with Crippen molar-refractivity contribution < 1.29 is 22.6 Å². The zero-order valence-corrected chi connectivity index (χ0v) is 11.6. The van der Waals surface area contributed by atoms with E-state index in [4.69, 9.17) is 4.74 Å². The molecule has 0 aliphatic carbocycles. The highest BCUT2D eigenvalue weighted by atomic mass is 19.4. The summed E-state index contributed by atoms with van der Waals surface area (Å²) in [4.78, 5) is 0. The van der Waals surface area contributed by atoms with Crippen molar-refractivity contribution in [2.24, 2.45) is 0 Å². The molecule has 0 aliphatic rings. The van der Waals surface area contributed by atoms with Crippen LogP contribution in [-0.4, -0.2) is 6.36 Å². The zero-order chi connectivity index (χ0) is 15.5. The largest absolute Gasteiger partial charge is 0.573 e. The van der Waals surface area contributed by atoms with Crippen molar-refractivity contribution in [2.75, 3.05) is 0 Å². The highest BCUT2D eigenvalue weighted by Crippen LogP contribution is 2.37. The van der Waals surface area contributed by atoms with Crippen LogP contribution in [0.3, 0.4) is 0 Å². The average Bonchev–Trinajstić information content (AvgIpc) is 2.40. The predicted octanol–water partition coefficient (Wildman–Crippen LogP) is 5.50. The fourth-order valence-corrected chi connectivity index (χ4v) is 1.79. The molecule has 0 radical (unpaired) electrons. The van der Waals surface area contributed by atoms with Crippen LogP contribution in [0.25, 0.3) is 0 Å². The Hall–Kier alpha value is -2.17. The number of benzene rings is 2. The van der Waals surface area contributed by atoms with Crippen molar-refractivity contribution in [3.8, 4) is 17.2 Å². The minimum Gasteiger partial charge on any atom is -0.453 e. The van der Waals surface area contributed by atoms with Crippen molar-refractivity contribution in [3.63, 3.8) is 0 Å².